The van der Waals surface area contributed by atoms with E-state index in [9.17, 15) is 14.4 Å². The highest BCUT2D eigenvalue weighted by molar-refractivity contribution is 5.94. The maximum atomic E-state index is 14.4. The van der Waals surface area contributed by atoms with Crippen LogP contribution in [0.25, 0.3) is 33.7 Å². The number of H-pyrrole nitrogens is 3. The number of amides is 3. The summed E-state index contributed by atoms with van der Waals surface area (Å²) in [4.78, 5) is 60.8. The van der Waals surface area contributed by atoms with E-state index in [0.29, 0.717) is 28.8 Å². The molecule has 0 aliphatic heterocycles. The number of nitrogens with zero attached hydrogens (tertiary/aromatic N) is 2. The van der Waals surface area contributed by atoms with Crippen molar-refractivity contribution in [3.05, 3.63) is 144 Å². The van der Waals surface area contributed by atoms with E-state index in [2.05, 4.69) is 40.9 Å². The zero-order valence-corrected chi connectivity index (χ0v) is 32.1. The van der Waals surface area contributed by atoms with Gasteiger partial charge in [0.25, 0.3) is 0 Å². The van der Waals surface area contributed by atoms with E-state index in [1.165, 1.54) is 0 Å². The maximum absolute atomic E-state index is 14.4. The van der Waals surface area contributed by atoms with Crippen LogP contribution in [0.4, 0.5) is 0 Å². The summed E-state index contributed by atoms with van der Waals surface area (Å²) in [5, 5.41) is 9.70. The highest BCUT2D eigenvalue weighted by Crippen LogP contribution is 2.23. The van der Waals surface area contributed by atoms with E-state index < -0.39 is 35.8 Å². The number of hydrogen-bond acceptors (Lipinski definition) is 8. The molecule has 0 aliphatic rings. The third kappa shape index (κ3) is 9.60. The first-order chi connectivity index (χ1) is 28.3. The zero-order valence-electron chi connectivity index (χ0n) is 32.1. The van der Waals surface area contributed by atoms with Gasteiger partial charge in [-0.2, -0.15) is 0 Å². The molecule has 296 valence electrons. The van der Waals surface area contributed by atoms with Crippen molar-refractivity contribution < 1.29 is 23.9 Å². The van der Waals surface area contributed by atoms with Gasteiger partial charge in [0.2, 0.25) is 17.7 Å². The van der Waals surface area contributed by atoms with Gasteiger partial charge in [0.05, 0.1) is 20.3 Å². The standard InChI is InChI=1S/C44H45N9O5/c1-57-33-16-12-28(13-17-33)40-47-25-31(50-40)21-36(45)42(54)52-38(20-30-24-46-37-11-7-6-10-35(30)37)44(56)53-39(43(55)49-23-27-8-4-3-5-9-27)22-32-26-48-41(51-32)29-14-18-34(58-2)19-15-29/h3-19,24-26,36,38-39,46H,20-23,45H2,1-2H3,(H,47,50)(H,48,51)(H,49,55)(H,52,54)(H,53,56)/t36-,38-,39-/m0/s1. The fourth-order valence-electron chi connectivity index (χ4n) is 6.66. The number of imidazole rings is 2. The lowest BCUT2D eigenvalue weighted by molar-refractivity contribution is -0.132. The van der Waals surface area contributed by atoms with Crippen LogP contribution in [-0.2, 0) is 40.2 Å². The minimum absolute atomic E-state index is 0.0964. The van der Waals surface area contributed by atoms with Crippen molar-refractivity contribution in [1.82, 2.24) is 40.9 Å². The number of aromatic nitrogens is 5. The number of nitrogens with one attached hydrogen (secondary N) is 6. The second kappa shape index (κ2) is 18.2. The monoisotopic (exact) mass is 779 g/mol. The van der Waals surface area contributed by atoms with Crippen molar-refractivity contribution in [1.29, 1.82) is 0 Å². The summed E-state index contributed by atoms with van der Waals surface area (Å²) in [6.45, 7) is 0.254. The summed E-state index contributed by atoms with van der Waals surface area (Å²) in [5.41, 5.74) is 12.0. The van der Waals surface area contributed by atoms with E-state index in [4.69, 9.17) is 15.2 Å². The molecule has 58 heavy (non-hydrogen) atoms. The molecular formula is C44H45N9O5. The van der Waals surface area contributed by atoms with E-state index in [1.54, 1.807) is 26.6 Å². The topological polar surface area (TPSA) is 205 Å². The van der Waals surface area contributed by atoms with Crippen LogP contribution in [0.2, 0.25) is 0 Å². The lowest BCUT2D eigenvalue weighted by Crippen LogP contribution is -2.57. The molecule has 0 radical (unpaired) electrons. The number of para-hydroxylation sites is 1. The fraction of sp³-hybridized carbons (Fsp3) is 0.205. The van der Waals surface area contributed by atoms with Crippen LogP contribution < -0.4 is 31.2 Å². The highest BCUT2D eigenvalue weighted by atomic mass is 16.5. The van der Waals surface area contributed by atoms with Gasteiger partial charge in [-0.1, -0.05) is 48.5 Å². The van der Waals surface area contributed by atoms with Crippen molar-refractivity contribution in [2.45, 2.75) is 43.9 Å². The third-order valence-corrected chi connectivity index (χ3v) is 9.86. The van der Waals surface area contributed by atoms with E-state index in [0.717, 1.165) is 38.9 Å². The van der Waals surface area contributed by atoms with E-state index >= 15 is 0 Å². The van der Waals surface area contributed by atoms with Crippen LogP contribution in [0.5, 0.6) is 11.5 Å². The molecule has 7 aromatic rings. The van der Waals surface area contributed by atoms with Crippen molar-refractivity contribution in [2.75, 3.05) is 14.2 Å². The number of aromatic amines is 3. The van der Waals surface area contributed by atoms with Gasteiger partial charge >= 0.3 is 0 Å². The third-order valence-electron chi connectivity index (χ3n) is 9.86. The molecule has 14 heteroatoms. The van der Waals surface area contributed by atoms with Crippen LogP contribution >= 0.6 is 0 Å². The minimum atomic E-state index is -1.09. The number of rotatable bonds is 17. The first kappa shape index (κ1) is 39.1. The summed E-state index contributed by atoms with van der Waals surface area (Å²) in [7, 11) is 3.20. The van der Waals surface area contributed by atoms with Gasteiger partial charge in [-0.25, -0.2) is 9.97 Å². The Bertz CT molecular complexity index is 2460. The Morgan fingerprint density at radius 3 is 1.83 bits per heavy atom. The average molecular weight is 780 g/mol. The first-order valence-electron chi connectivity index (χ1n) is 18.9. The van der Waals surface area contributed by atoms with Gasteiger partial charge < -0.3 is 46.1 Å². The zero-order chi connectivity index (χ0) is 40.4. The van der Waals surface area contributed by atoms with Gasteiger partial charge in [0.1, 0.15) is 35.2 Å². The van der Waals surface area contributed by atoms with Crippen molar-refractivity contribution >= 4 is 28.6 Å². The number of nitrogens with two attached hydrogens (primary N) is 1. The lowest BCUT2D eigenvalue weighted by Gasteiger charge is -2.24. The number of hydrogen-bond donors (Lipinski definition) is 7. The average Bonchev–Trinajstić information content (AvgIpc) is 4.03. The maximum Gasteiger partial charge on any atom is 0.243 e. The second-order valence-corrected chi connectivity index (χ2v) is 13.9. The molecule has 0 fully saturated rings. The molecule has 0 unspecified atom stereocenters. The molecule has 3 aromatic heterocycles. The van der Waals surface area contributed by atoms with Crippen LogP contribution in [0.3, 0.4) is 0 Å². The summed E-state index contributed by atoms with van der Waals surface area (Å²) in [6.07, 6.45) is 5.46. The predicted octanol–water partition coefficient (Wildman–Crippen LogP) is 4.61. The molecule has 3 heterocycles. The number of carbonyl (C=O) groups is 3. The lowest BCUT2D eigenvalue weighted by atomic mass is 10.0. The molecule has 7 rings (SSSR count). The highest BCUT2D eigenvalue weighted by Gasteiger charge is 2.30. The molecule has 3 atom stereocenters. The SMILES string of the molecule is COc1ccc(-c2ncc(C[C@H](NC(=O)[C@H](Cc3c[nH]c4ccccc34)NC(=O)[C@@H](N)Cc3cnc(-c4ccc(OC)cc4)[nH]3)C(=O)NCc3ccccc3)[nH]2)cc1. The van der Waals surface area contributed by atoms with E-state index in [1.807, 2.05) is 109 Å². The fourth-order valence-corrected chi connectivity index (χ4v) is 6.66. The quantitative estimate of drug-likeness (QED) is 0.0694. The van der Waals surface area contributed by atoms with Crippen molar-refractivity contribution in [3.63, 3.8) is 0 Å². The molecule has 0 bridgehead atoms. The van der Waals surface area contributed by atoms with Gasteiger partial charge in [0, 0.05) is 77.8 Å². The summed E-state index contributed by atoms with van der Waals surface area (Å²) >= 11 is 0. The van der Waals surface area contributed by atoms with Crippen LogP contribution in [0.15, 0.2) is 122 Å². The van der Waals surface area contributed by atoms with Gasteiger partial charge in [0.15, 0.2) is 0 Å². The predicted molar refractivity (Wildman–Crippen MR) is 221 cm³/mol. The number of benzene rings is 4. The van der Waals surface area contributed by atoms with Gasteiger partial charge in [-0.15, -0.1) is 0 Å². The summed E-state index contributed by atoms with van der Waals surface area (Å²) in [5.74, 6) is 1.15. The second-order valence-electron chi connectivity index (χ2n) is 13.9. The molecule has 14 nitrogen and oxygen atoms in total. The number of fused-ring (bicyclic) bond motifs is 1. The van der Waals surface area contributed by atoms with Gasteiger partial charge in [-0.3, -0.25) is 14.4 Å². The molecular weight excluding hydrogens is 735 g/mol. The normalized spacial score (nSPS) is 12.7. The van der Waals surface area contributed by atoms with Crippen molar-refractivity contribution in [3.8, 4) is 34.3 Å². The van der Waals surface area contributed by atoms with E-state index in [-0.39, 0.29) is 25.8 Å². The van der Waals surface area contributed by atoms with Crippen LogP contribution in [-0.4, -0.2) is 75.0 Å². The Morgan fingerprint density at radius 1 is 0.655 bits per heavy atom. The Hall–Kier alpha value is -7.19. The number of methoxy groups -OCH3 is 2. The molecule has 0 spiro atoms. The Labute approximate surface area is 335 Å². The minimum Gasteiger partial charge on any atom is -0.497 e. The molecule has 0 saturated carbocycles. The largest absolute Gasteiger partial charge is 0.497 e. The molecule has 4 aromatic carbocycles. The molecule has 0 aliphatic carbocycles. The Kier molecular flexibility index (Phi) is 12.2. The smallest absolute Gasteiger partial charge is 0.243 e. The summed E-state index contributed by atoms with van der Waals surface area (Å²) < 4.78 is 10.5. The number of ether oxygens (including phenoxy) is 2. The van der Waals surface area contributed by atoms with Gasteiger partial charge in [-0.05, 0) is 65.7 Å². The Morgan fingerprint density at radius 2 is 1.21 bits per heavy atom. The first-order valence-corrected chi connectivity index (χ1v) is 18.9. The van der Waals surface area contributed by atoms with Crippen LogP contribution in [0.1, 0.15) is 22.5 Å². The Balaban J connectivity index is 1.10. The number of carbonyl (C=O) groups excluding carboxylic acids is 3. The van der Waals surface area contributed by atoms with Crippen LogP contribution in [0, 0.1) is 0 Å². The summed E-state index contributed by atoms with van der Waals surface area (Å²) in [6, 6.07) is 28.9. The molecule has 0 saturated heterocycles. The molecule has 3 amide bonds. The molecule has 8 N–H and O–H groups in total. The van der Waals surface area contributed by atoms with Crippen molar-refractivity contribution in [2.24, 2.45) is 5.73 Å².